The summed E-state index contributed by atoms with van der Waals surface area (Å²) in [7, 11) is 1.08. The highest BCUT2D eigenvalue weighted by molar-refractivity contribution is 7.36. The zero-order valence-electron chi connectivity index (χ0n) is 20.9. The third kappa shape index (κ3) is 14.2. The van der Waals surface area contributed by atoms with Gasteiger partial charge in [0.25, 0.3) is 0 Å². The van der Waals surface area contributed by atoms with Gasteiger partial charge in [0.15, 0.2) is 0 Å². The molecule has 0 bridgehead atoms. The number of carbonyl (C=O) groups excluding carboxylic acids is 1. The molecule has 0 amide bonds. The van der Waals surface area contributed by atoms with Crippen LogP contribution in [0.15, 0.2) is 12.2 Å². The third-order valence-corrected chi connectivity index (χ3v) is 6.90. The maximum absolute atomic E-state index is 12.2. The zero-order valence-corrected chi connectivity index (χ0v) is 21.8. The van der Waals surface area contributed by atoms with Crippen molar-refractivity contribution >= 4 is 20.5 Å². The second kappa shape index (κ2) is 20.0. The Balaban J connectivity index is 2.29. The Morgan fingerprint density at radius 1 is 1.26 bits per heavy atom. The predicted octanol–water partition coefficient (Wildman–Crippen LogP) is 4.39. The number of hydrogen-bond acceptors (Lipinski definition) is 6. The average molecular weight is 497 g/mol. The minimum Gasteiger partial charge on any atom is -0.460 e. The highest BCUT2D eigenvalue weighted by Gasteiger charge is 2.33. The van der Waals surface area contributed by atoms with Gasteiger partial charge in [0, 0.05) is 19.4 Å². The highest BCUT2D eigenvalue weighted by atomic mass is 31.1. The van der Waals surface area contributed by atoms with Crippen molar-refractivity contribution in [3.63, 3.8) is 0 Å². The molecule has 194 valence electrons. The number of ether oxygens (including phenoxy) is 3. The molecule has 5 atom stereocenters. The van der Waals surface area contributed by atoms with E-state index in [0.717, 1.165) is 59.3 Å². The Morgan fingerprint density at radius 3 is 2.82 bits per heavy atom. The second-order valence-electron chi connectivity index (χ2n) is 8.95. The lowest BCUT2D eigenvalue weighted by Gasteiger charge is -2.22. The fraction of sp³-hybridized carbons (Fsp3) is 0.778. The predicted molar refractivity (Wildman–Crippen MR) is 139 cm³/mol. The van der Waals surface area contributed by atoms with E-state index < -0.39 is 0 Å². The smallest absolute Gasteiger partial charge is 0.306 e. The van der Waals surface area contributed by atoms with Crippen LogP contribution in [-0.2, 0) is 19.0 Å². The molecule has 2 unspecified atom stereocenters. The second-order valence-corrected chi connectivity index (χ2v) is 9.85. The maximum atomic E-state index is 12.2. The van der Waals surface area contributed by atoms with Crippen LogP contribution >= 0.6 is 8.20 Å². The summed E-state index contributed by atoms with van der Waals surface area (Å²) in [5, 5.41) is 20.5. The molecule has 1 aliphatic carbocycles. The molecule has 0 spiro atoms. The van der Waals surface area contributed by atoms with Crippen molar-refractivity contribution in [1.29, 1.82) is 0 Å². The van der Waals surface area contributed by atoms with Gasteiger partial charge in [0.05, 0.1) is 25.4 Å². The maximum Gasteiger partial charge on any atom is 0.306 e. The van der Waals surface area contributed by atoms with E-state index in [1.54, 1.807) is 0 Å². The summed E-state index contributed by atoms with van der Waals surface area (Å²) in [5.41, 5.74) is 0. The van der Waals surface area contributed by atoms with Crippen molar-refractivity contribution in [2.45, 2.75) is 89.4 Å². The van der Waals surface area contributed by atoms with Crippen LogP contribution in [0.2, 0.25) is 0 Å². The molecule has 0 aliphatic heterocycles. The number of carbonyl (C=O) groups is 1. The molecule has 0 aromatic rings. The van der Waals surface area contributed by atoms with E-state index in [-0.39, 0.29) is 43.4 Å². The van der Waals surface area contributed by atoms with Gasteiger partial charge in [-0.05, 0) is 76.3 Å². The van der Waals surface area contributed by atoms with Crippen molar-refractivity contribution in [1.82, 2.24) is 0 Å². The van der Waals surface area contributed by atoms with E-state index in [2.05, 4.69) is 24.4 Å². The number of terminal acetylenes is 1. The molecule has 0 radical (unpaired) electrons. The normalized spacial score (nSPS) is 22.1. The number of aliphatic hydroxyl groups excluding tert-OH is 2. The van der Waals surface area contributed by atoms with Crippen LogP contribution in [0.25, 0.3) is 0 Å². The van der Waals surface area contributed by atoms with E-state index in [4.69, 9.17) is 20.6 Å². The topological polar surface area (TPSA) is 85.2 Å². The van der Waals surface area contributed by atoms with Crippen LogP contribution in [0.3, 0.4) is 0 Å². The molecule has 0 aromatic carbocycles. The average Bonchev–Trinajstić information content (AvgIpc) is 3.17. The lowest BCUT2D eigenvalue weighted by atomic mass is 9.87. The number of aliphatic hydroxyl groups is 2. The van der Waals surface area contributed by atoms with Crippen LogP contribution in [0.4, 0.5) is 0 Å². The summed E-state index contributed by atoms with van der Waals surface area (Å²) < 4.78 is 16.2. The van der Waals surface area contributed by atoms with Crippen LogP contribution in [-0.4, -0.2) is 73.4 Å². The first-order valence-corrected chi connectivity index (χ1v) is 14.0. The monoisotopic (exact) mass is 496 g/mol. The summed E-state index contributed by atoms with van der Waals surface area (Å²) >= 11 is 0. The minimum absolute atomic E-state index is 0.195. The number of allylic oxidation sites excluding steroid dienone is 2. The van der Waals surface area contributed by atoms with Gasteiger partial charge in [-0.3, -0.25) is 4.79 Å². The Kier molecular flexibility index (Phi) is 18.1. The van der Waals surface area contributed by atoms with E-state index >= 15 is 0 Å². The van der Waals surface area contributed by atoms with Gasteiger partial charge < -0.3 is 24.4 Å². The number of unbranched alkanes of at least 4 members (excludes halogenated alkanes) is 1. The van der Waals surface area contributed by atoms with E-state index in [1.807, 2.05) is 6.92 Å². The van der Waals surface area contributed by atoms with Crippen molar-refractivity contribution in [2.24, 2.45) is 11.8 Å². The third-order valence-electron chi connectivity index (χ3n) is 6.33. The minimum atomic E-state index is -0.347. The molecule has 34 heavy (non-hydrogen) atoms. The van der Waals surface area contributed by atoms with Crippen molar-refractivity contribution < 1.29 is 29.2 Å². The van der Waals surface area contributed by atoms with E-state index in [0.29, 0.717) is 38.4 Å². The Morgan fingerprint density at radius 2 is 2.09 bits per heavy atom. The molecular weight excluding hydrogens is 451 g/mol. The van der Waals surface area contributed by atoms with Gasteiger partial charge in [0.1, 0.15) is 12.7 Å². The van der Waals surface area contributed by atoms with Gasteiger partial charge in [-0.15, -0.1) is 14.6 Å². The van der Waals surface area contributed by atoms with Gasteiger partial charge in [-0.2, -0.15) is 0 Å². The van der Waals surface area contributed by atoms with Gasteiger partial charge in [0.2, 0.25) is 0 Å². The number of esters is 1. The van der Waals surface area contributed by atoms with Crippen LogP contribution in [0.1, 0.15) is 71.1 Å². The Labute approximate surface area is 208 Å². The number of hydrogen-bond donors (Lipinski definition) is 2. The highest BCUT2D eigenvalue weighted by Crippen LogP contribution is 2.38. The summed E-state index contributed by atoms with van der Waals surface area (Å²) in [6, 6.07) is 0. The van der Waals surface area contributed by atoms with Gasteiger partial charge in [-0.1, -0.05) is 24.4 Å². The molecule has 1 aliphatic rings. The molecule has 1 fully saturated rings. The lowest BCUT2D eigenvalue weighted by molar-refractivity contribution is -0.153. The fourth-order valence-corrected chi connectivity index (χ4v) is 4.87. The quantitative estimate of drug-likeness (QED) is 0.0855. The molecule has 0 saturated heterocycles. The van der Waals surface area contributed by atoms with Crippen molar-refractivity contribution in [3.8, 4) is 12.3 Å². The van der Waals surface area contributed by atoms with Gasteiger partial charge >= 0.3 is 5.97 Å². The van der Waals surface area contributed by atoms with E-state index in [9.17, 15) is 15.0 Å². The summed E-state index contributed by atoms with van der Waals surface area (Å²) in [6.07, 6.45) is 21.0. The molecular formula is C27H45O6P. The molecule has 7 heteroatoms. The first-order chi connectivity index (χ1) is 16.5. The first-order valence-electron chi connectivity index (χ1n) is 12.7. The largest absolute Gasteiger partial charge is 0.460 e. The molecule has 2 N–H and O–H groups in total. The lowest BCUT2D eigenvalue weighted by Crippen LogP contribution is -2.25. The van der Waals surface area contributed by atoms with Crippen LogP contribution < -0.4 is 0 Å². The SMILES string of the molecule is C#CCOCC(CCOCC)OC(=O)CCC/C=C\C[C@@H]1C(CC[C@@H](O)CCP=C)CC[C@@H]1O. The Hall–Kier alpha value is -1.22. The summed E-state index contributed by atoms with van der Waals surface area (Å²) in [6.45, 7) is 3.53. The van der Waals surface area contributed by atoms with Crippen LogP contribution in [0, 0.1) is 24.2 Å². The first kappa shape index (κ1) is 30.8. The number of rotatable bonds is 20. The molecule has 0 aromatic heterocycles. The van der Waals surface area contributed by atoms with Crippen LogP contribution in [0.5, 0.6) is 0 Å². The molecule has 0 heterocycles. The fourth-order valence-electron chi connectivity index (χ4n) is 4.39. The molecule has 6 nitrogen and oxygen atoms in total. The van der Waals surface area contributed by atoms with Crippen molar-refractivity contribution in [3.05, 3.63) is 12.2 Å². The molecule has 1 rings (SSSR count). The van der Waals surface area contributed by atoms with E-state index in [1.165, 1.54) is 0 Å². The summed E-state index contributed by atoms with van der Waals surface area (Å²) in [5.74, 6) is 2.90. The zero-order chi connectivity index (χ0) is 25.0. The standard InChI is InChI=1S/C27H45O6P/c1-4-18-32-21-24(16-19-31-5-2)33-27(30)11-9-7-6-8-10-25-22(13-15-26(25)29)12-14-23(28)17-20-34-3/h1,6,8,22-26,28-29H,3,5,7,9-21H2,2H3/b8-6-/t22?,23-,24?,25-,26+/m1/s1. The van der Waals surface area contributed by atoms with Crippen molar-refractivity contribution in [2.75, 3.05) is 32.6 Å². The van der Waals surface area contributed by atoms with Gasteiger partial charge in [-0.25, -0.2) is 0 Å². The summed E-state index contributed by atoms with van der Waals surface area (Å²) in [4.78, 5) is 12.2. The molecule has 1 saturated carbocycles. The Bertz CT molecular complexity index is 617.